The van der Waals surface area contributed by atoms with Gasteiger partial charge >= 0.3 is 6.09 Å². The van der Waals surface area contributed by atoms with Crippen molar-refractivity contribution in [3.8, 4) is 5.75 Å². The Bertz CT molecular complexity index is 873. The lowest BCUT2D eigenvalue weighted by Gasteiger charge is -2.32. The summed E-state index contributed by atoms with van der Waals surface area (Å²) in [5.41, 5.74) is 3.72. The van der Waals surface area contributed by atoms with Crippen molar-refractivity contribution in [3.05, 3.63) is 90.3 Å². The number of rotatable bonds is 7. The molecule has 1 aliphatic heterocycles. The second kappa shape index (κ2) is 9.03. The van der Waals surface area contributed by atoms with Crippen molar-refractivity contribution in [2.45, 2.75) is 18.5 Å². The molecule has 1 aliphatic rings. The molecule has 3 rings (SSSR count). The molecule has 1 heterocycles. The summed E-state index contributed by atoms with van der Waals surface area (Å²) >= 11 is 6.05. The fourth-order valence-electron chi connectivity index (χ4n) is 3.18. The minimum Gasteiger partial charge on any atom is -0.445 e. The van der Waals surface area contributed by atoms with Gasteiger partial charge in [0, 0.05) is 5.02 Å². The van der Waals surface area contributed by atoms with Crippen LogP contribution >= 0.6 is 11.6 Å². The van der Waals surface area contributed by atoms with Gasteiger partial charge in [0.2, 0.25) is 5.88 Å². The normalized spacial score (nSPS) is 20.8. The maximum absolute atomic E-state index is 12.2. The molecule has 1 fully saturated rings. The van der Waals surface area contributed by atoms with E-state index in [0.29, 0.717) is 23.2 Å². The van der Waals surface area contributed by atoms with Gasteiger partial charge in [-0.3, -0.25) is 5.01 Å². The lowest BCUT2D eigenvalue weighted by Crippen LogP contribution is -2.52. The number of nitrogens with zero attached hydrogens (tertiary/aromatic N) is 1. The zero-order valence-corrected chi connectivity index (χ0v) is 17.0. The van der Waals surface area contributed by atoms with Gasteiger partial charge in [0.25, 0.3) is 0 Å². The largest absolute Gasteiger partial charge is 0.445 e. The minimum absolute atomic E-state index is 0.136. The van der Waals surface area contributed by atoms with E-state index in [0.717, 1.165) is 5.56 Å². The third kappa shape index (κ3) is 4.91. The summed E-state index contributed by atoms with van der Waals surface area (Å²) < 4.78 is 11.0. The van der Waals surface area contributed by atoms with Gasteiger partial charge in [0.1, 0.15) is 12.4 Å². The first-order valence-electron chi connectivity index (χ1n) is 9.20. The summed E-state index contributed by atoms with van der Waals surface area (Å²) in [7, 11) is 0. The van der Waals surface area contributed by atoms with Gasteiger partial charge in [-0.1, -0.05) is 54.6 Å². The standard InChI is InChI=1S/C22H24ClN3O3/c1-4-14-28-21(27)24-20-15-26(16(2)29-19-8-6-5-7-9-19)25-22(20,3)17-10-12-18(23)13-11-17/h4-13,20,25H,1-2,14-15H2,3H3,(H,24,27). The smallest absolute Gasteiger partial charge is 0.407 e. The number of carbonyl (C=O) groups is 1. The van der Waals surface area contributed by atoms with Crippen molar-refractivity contribution in [3.63, 3.8) is 0 Å². The van der Waals surface area contributed by atoms with Gasteiger partial charge in [0.05, 0.1) is 18.1 Å². The Morgan fingerprint density at radius 3 is 2.66 bits per heavy atom. The van der Waals surface area contributed by atoms with Gasteiger partial charge in [-0.15, -0.1) is 0 Å². The average Bonchev–Trinajstić information content (AvgIpc) is 3.05. The number of alkyl carbamates (subject to hydrolysis) is 1. The third-order valence-electron chi connectivity index (χ3n) is 4.78. The predicted octanol–water partition coefficient (Wildman–Crippen LogP) is 4.21. The second-order valence-corrected chi connectivity index (χ2v) is 7.26. The van der Waals surface area contributed by atoms with Crippen molar-refractivity contribution < 1.29 is 14.3 Å². The van der Waals surface area contributed by atoms with Crippen LogP contribution in [0.2, 0.25) is 5.02 Å². The monoisotopic (exact) mass is 413 g/mol. The van der Waals surface area contributed by atoms with Crippen LogP contribution in [-0.4, -0.2) is 30.3 Å². The van der Waals surface area contributed by atoms with Gasteiger partial charge < -0.3 is 14.8 Å². The zero-order chi connectivity index (χ0) is 20.9. The first-order valence-corrected chi connectivity index (χ1v) is 9.57. The molecular weight excluding hydrogens is 390 g/mol. The van der Waals surface area contributed by atoms with Crippen molar-refractivity contribution in [2.75, 3.05) is 13.2 Å². The molecule has 0 saturated carbocycles. The first-order chi connectivity index (χ1) is 13.9. The van der Waals surface area contributed by atoms with E-state index in [1.54, 1.807) is 5.01 Å². The van der Waals surface area contributed by atoms with Crippen LogP contribution in [0.25, 0.3) is 0 Å². The first kappa shape index (κ1) is 20.8. The highest BCUT2D eigenvalue weighted by molar-refractivity contribution is 6.30. The molecule has 29 heavy (non-hydrogen) atoms. The van der Waals surface area contributed by atoms with E-state index in [9.17, 15) is 4.79 Å². The molecule has 0 radical (unpaired) electrons. The number of para-hydroxylation sites is 1. The van der Waals surface area contributed by atoms with E-state index < -0.39 is 11.6 Å². The fraction of sp³-hybridized carbons (Fsp3) is 0.227. The molecular formula is C22H24ClN3O3. The average molecular weight is 414 g/mol. The Morgan fingerprint density at radius 1 is 1.31 bits per heavy atom. The van der Waals surface area contributed by atoms with E-state index >= 15 is 0 Å². The van der Waals surface area contributed by atoms with E-state index in [1.165, 1.54) is 6.08 Å². The summed E-state index contributed by atoms with van der Waals surface area (Å²) in [6.45, 7) is 10.1. The molecule has 2 unspecified atom stereocenters. The van der Waals surface area contributed by atoms with Crippen molar-refractivity contribution in [1.29, 1.82) is 0 Å². The number of hydrogen-bond acceptors (Lipinski definition) is 5. The highest BCUT2D eigenvalue weighted by Crippen LogP contribution is 2.33. The molecule has 7 heteroatoms. The van der Waals surface area contributed by atoms with Gasteiger partial charge in [-0.05, 0) is 43.3 Å². The molecule has 0 spiro atoms. The van der Waals surface area contributed by atoms with Gasteiger partial charge in [-0.2, -0.15) is 0 Å². The van der Waals surface area contributed by atoms with Crippen LogP contribution < -0.4 is 15.5 Å². The molecule has 1 saturated heterocycles. The van der Waals surface area contributed by atoms with E-state index in [-0.39, 0.29) is 12.6 Å². The Labute approximate surface area is 175 Å². The van der Waals surface area contributed by atoms with Crippen LogP contribution in [0.4, 0.5) is 4.79 Å². The number of benzene rings is 2. The second-order valence-electron chi connectivity index (χ2n) is 6.82. The Hall–Kier alpha value is -2.96. The van der Waals surface area contributed by atoms with Crippen molar-refractivity contribution >= 4 is 17.7 Å². The molecule has 1 amide bonds. The molecule has 0 bridgehead atoms. The molecule has 2 atom stereocenters. The van der Waals surface area contributed by atoms with Gasteiger partial charge in [-0.25, -0.2) is 10.2 Å². The molecule has 2 aromatic carbocycles. The minimum atomic E-state index is -0.638. The zero-order valence-electron chi connectivity index (χ0n) is 16.2. The van der Waals surface area contributed by atoms with Crippen LogP contribution in [0.3, 0.4) is 0 Å². The number of halogens is 1. The summed E-state index contributed by atoms with van der Waals surface area (Å²) in [6.07, 6.45) is 1.00. The summed E-state index contributed by atoms with van der Waals surface area (Å²) in [5, 5.41) is 5.34. The van der Waals surface area contributed by atoms with E-state index in [1.807, 2.05) is 61.5 Å². The fourth-order valence-corrected chi connectivity index (χ4v) is 3.31. The van der Waals surface area contributed by atoms with Crippen LogP contribution in [0.5, 0.6) is 5.75 Å². The van der Waals surface area contributed by atoms with Crippen molar-refractivity contribution in [2.24, 2.45) is 0 Å². The molecule has 0 aliphatic carbocycles. The SMILES string of the molecule is C=CCOC(=O)NC1CN(C(=C)Oc2ccccc2)NC1(C)c1ccc(Cl)cc1. The van der Waals surface area contributed by atoms with Crippen LogP contribution in [0.1, 0.15) is 12.5 Å². The predicted molar refractivity (Wildman–Crippen MR) is 113 cm³/mol. The van der Waals surface area contributed by atoms with E-state index in [2.05, 4.69) is 23.9 Å². The number of ether oxygens (including phenoxy) is 2. The van der Waals surface area contributed by atoms with Gasteiger partial charge in [0.15, 0.2) is 0 Å². The van der Waals surface area contributed by atoms with E-state index in [4.69, 9.17) is 21.1 Å². The summed E-state index contributed by atoms with van der Waals surface area (Å²) in [5.74, 6) is 1.09. The topological polar surface area (TPSA) is 62.8 Å². The summed E-state index contributed by atoms with van der Waals surface area (Å²) in [6, 6.07) is 16.5. The van der Waals surface area contributed by atoms with Crippen molar-refractivity contribution in [1.82, 2.24) is 15.8 Å². The summed E-state index contributed by atoms with van der Waals surface area (Å²) in [4.78, 5) is 12.2. The van der Waals surface area contributed by atoms with Crippen LogP contribution in [-0.2, 0) is 10.3 Å². The van der Waals surface area contributed by atoms with Crippen LogP contribution in [0.15, 0.2) is 79.7 Å². The maximum Gasteiger partial charge on any atom is 0.407 e. The molecule has 152 valence electrons. The molecule has 6 nitrogen and oxygen atoms in total. The highest BCUT2D eigenvalue weighted by atomic mass is 35.5. The number of carbonyl (C=O) groups excluding carboxylic acids is 1. The molecule has 2 aromatic rings. The molecule has 0 aromatic heterocycles. The lowest BCUT2D eigenvalue weighted by atomic mass is 9.86. The Kier molecular flexibility index (Phi) is 6.46. The maximum atomic E-state index is 12.2. The number of amides is 1. The highest BCUT2D eigenvalue weighted by Gasteiger charge is 2.46. The quantitative estimate of drug-likeness (QED) is 0.526. The third-order valence-corrected chi connectivity index (χ3v) is 5.03. The Balaban J connectivity index is 1.81. The number of nitrogens with one attached hydrogen (secondary N) is 2. The number of hydrazine groups is 1. The number of hydrogen-bond donors (Lipinski definition) is 2. The lowest BCUT2D eigenvalue weighted by molar-refractivity contribution is 0.149. The Morgan fingerprint density at radius 2 is 2.00 bits per heavy atom. The molecule has 2 N–H and O–H groups in total. The van der Waals surface area contributed by atoms with Crippen LogP contribution in [0, 0.1) is 0 Å².